The van der Waals surface area contributed by atoms with E-state index in [1.165, 1.54) is 4.88 Å². The number of aliphatic hydroxyl groups is 1. The Hall–Kier alpha value is -0.380. The van der Waals surface area contributed by atoms with Crippen LogP contribution < -0.4 is 0 Å². The summed E-state index contributed by atoms with van der Waals surface area (Å²) in [5.74, 6) is 0.673. The van der Waals surface area contributed by atoms with E-state index in [0.717, 1.165) is 32.3 Å². The van der Waals surface area contributed by atoms with E-state index >= 15 is 0 Å². The molecule has 2 rings (SSSR count). The fourth-order valence-corrected chi connectivity index (χ4v) is 3.15. The molecule has 1 unspecified atom stereocenters. The predicted octanol–water partition coefficient (Wildman–Crippen LogP) is 2.86. The Labute approximate surface area is 101 Å². The van der Waals surface area contributed by atoms with Gasteiger partial charge in [-0.05, 0) is 43.6 Å². The average Bonchev–Trinajstić information content (AvgIpc) is 2.67. The zero-order chi connectivity index (χ0) is 11.4. The highest BCUT2D eigenvalue weighted by Crippen LogP contribution is 2.34. The first-order valence-corrected chi connectivity index (χ1v) is 6.98. The molecule has 0 aliphatic heterocycles. The molecule has 0 amide bonds. The quantitative estimate of drug-likeness (QED) is 0.828. The first kappa shape index (κ1) is 12.1. The van der Waals surface area contributed by atoms with Crippen LogP contribution in [0.1, 0.15) is 31.1 Å². The Bertz CT molecular complexity index is 291. The monoisotopic (exact) mass is 240 g/mol. The van der Waals surface area contributed by atoms with Crippen molar-refractivity contribution in [2.45, 2.75) is 44.8 Å². The van der Waals surface area contributed by atoms with E-state index in [1.54, 1.807) is 11.3 Å². The Kier molecular flexibility index (Phi) is 4.38. The van der Waals surface area contributed by atoms with Crippen LogP contribution >= 0.6 is 11.3 Å². The standard InChI is InChI=1S/C13H20O2S/c1-2-15-12-7-10(8-12)6-11(14)9-13-4-3-5-16-13/h3-5,10-12,14H,2,6-9H2,1H3. The van der Waals surface area contributed by atoms with E-state index < -0.39 is 0 Å². The molecule has 1 heterocycles. The molecule has 1 fully saturated rings. The van der Waals surface area contributed by atoms with E-state index in [4.69, 9.17) is 4.74 Å². The van der Waals surface area contributed by atoms with E-state index in [9.17, 15) is 5.11 Å². The third-order valence-electron chi connectivity index (χ3n) is 3.22. The van der Waals surface area contributed by atoms with Crippen LogP contribution in [0.15, 0.2) is 17.5 Å². The SMILES string of the molecule is CCOC1CC(CC(O)Cc2cccs2)C1. The van der Waals surface area contributed by atoms with Crippen molar-refractivity contribution in [2.75, 3.05) is 6.61 Å². The van der Waals surface area contributed by atoms with E-state index in [-0.39, 0.29) is 6.10 Å². The number of hydrogen-bond acceptors (Lipinski definition) is 3. The van der Waals surface area contributed by atoms with Crippen LogP contribution in [-0.4, -0.2) is 23.9 Å². The largest absolute Gasteiger partial charge is 0.393 e. The smallest absolute Gasteiger partial charge is 0.0591 e. The van der Waals surface area contributed by atoms with Gasteiger partial charge in [0, 0.05) is 17.9 Å². The van der Waals surface area contributed by atoms with E-state index in [1.807, 2.05) is 13.0 Å². The number of ether oxygens (including phenoxy) is 1. The van der Waals surface area contributed by atoms with Crippen LogP contribution in [0.5, 0.6) is 0 Å². The van der Waals surface area contributed by atoms with E-state index in [2.05, 4.69) is 11.4 Å². The summed E-state index contributed by atoms with van der Waals surface area (Å²) >= 11 is 1.73. The molecule has 16 heavy (non-hydrogen) atoms. The first-order valence-electron chi connectivity index (χ1n) is 6.10. The lowest BCUT2D eigenvalue weighted by molar-refractivity contribution is -0.0375. The second-order valence-electron chi connectivity index (χ2n) is 4.59. The first-order chi connectivity index (χ1) is 7.78. The van der Waals surface area contributed by atoms with Crippen molar-refractivity contribution in [3.63, 3.8) is 0 Å². The molecule has 0 bridgehead atoms. The topological polar surface area (TPSA) is 29.5 Å². The van der Waals surface area contributed by atoms with Crippen molar-refractivity contribution in [3.8, 4) is 0 Å². The summed E-state index contributed by atoms with van der Waals surface area (Å²) in [4.78, 5) is 1.29. The molecule has 0 radical (unpaired) electrons. The Balaban J connectivity index is 1.64. The fraction of sp³-hybridized carbons (Fsp3) is 0.692. The van der Waals surface area contributed by atoms with Crippen molar-refractivity contribution in [2.24, 2.45) is 5.92 Å². The van der Waals surface area contributed by atoms with Gasteiger partial charge in [-0.2, -0.15) is 0 Å². The predicted molar refractivity (Wildman–Crippen MR) is 66.8 cm³/mol. The van der Waals surface area contributed by atoms with Gasteiger partial charge in [-0.3, -0.25) is 0 Å². The zero-order valence-electron chi connectivity index (χ0n) is 9.76. The maximum absolute atomic E-state index is 9.94. The third-order valence-corrected chi connectivity index (χ3v) is 4.12. The minimum absolute atomic E-state index is 0.175. The summed E-state index contributed by atoms with van der Waals surface area (Å²) in [6.07, 6.45) is 4.30. The van der Waals surface area contributed by atoms with Gasteiger partial charge in [0.15, 0.2) is 0 Å². The molecule has 1 aromatic rings. The van der Waals surface area contributed by atoms with Crippen molar-refractivity contribution >= 4 is 11.3 Å². The van der Waals surface area contributed by atoms with Gasteiger partial charge < -0.3 is 9.84 Å². The molecule has 0 aromatic carbocycles. The highest BCUT2D eigenvalue weighted by atomic mass is 32.1. The molecule has 2 nitrogen and oxygen atoms in total. The van der Waals surface area contributed by atoms with Crippen LogP contribution in [0, 0.1) is 5.92 Å². The van der Waals surface area contributed by atoms with Gasteiger partial charge in [0.25, 0.3) is 0 Å². The Morgan fingerprint density at radius 2 is 2.38 bits per heavy atom. The molecule has 0 spiro atoms. The normalized spacial score (nSPS) is 26.4. The van der Waals surface area contributed by atoms with Gasteiger partial charge in [-0.25, -0.2) is 0 Å². The molecule has 90 valence electrons. The van der Waals surface area contributed by atoms with Gasteiger partial charge in [-0.1, -0.05) is 6.07 Å². The van der Waals surface area contributed by atoms with Crippen molar-refractivity contribution in [1.82, 2.24) is 0 Å². The minimum atomic E-state index is -0.175. The Morgan fingerprint density at radius 3 is 3.00 bits per heavy atom. The molecule has 1 aromatic heterocycles. The molecule has 1 saturated carbocycles. The molecular weight excluding hydrogens is 220 g/mol. The lowest BCUT2D eigenvalue weighted by Gasteiger charge is -2.36. The minimum Gasteiger partial charge on any atom is -0.393 e. The van der Waals surface area contributed by atoms with Crippen molar-refractivity contribution in [3.05, 3.63) is 22.4 Å². The van der Waals surface area contributed by atoms with Crippen LogP contribution in [0.25, 0.3) is 0 Å². The van der Waals surface area contributed by atoms with Crippen LogP contribution in [0.3, 0.4) is 0 Å². The van der Waals surface area contributed by atoms with Gasteiger partial charge in [0.2, 0.25) is 0 Å². The molecule has 1 aliphatic rings. The third kappa shape index (κ3) is 3.30. The maximum atomic E-state index is 9.94. The summed E-state index contributed by atoms with van der Waals surface area (Å²) < 4.78 is 5.52. The molecule has 1 aliphatic carbocycles. The summed E-state index contributed by atoms with van der Waals surface area (Å²) in [6.45, 7) is 2.86. The highest BCUT2D eigenvalue weighted by Gasteiger charge is 2.30. The maximum Gasteiger partial charge on any atom is 0.0591 e. The second kappa shape index (κ2) is 5.80. The van der Waals surface area contributed by atoms with Crippen LogP contribution in [0.4, 0.5) is 0 Å². The number of thiophene rings is 1. The highest BCUT2D eigenvalue weighted by molar-refractivity contribution is 7.09. The van der Waals surface area contributed by atoms with Gasteiger partial charge in [0.05, 0.1) is 12.2 Å². The van der Waals surface area contributed by atoms with Crippen molar-refractivity contribution in [1.29, 1.82) is 0 Å². The summed E-state index contributed by atoms with van der Waals surface area (Å²) in [5.41, 5.74) is 0. The van der Waals surface area contributed by atoms with E-state index in [0.29, 0.717) is 12.0 Å². The fourth-order valence-electron chi connectivity index (χ4n) is 2.37. The van der Waals surface area contributed by atoms with Crippen LogP contribution in [-0.2, 0) is 11.2 Å². The lowest BCUT2D eigenvalue weighted by atomic mass is 9.78. The molecule has 1 atom stereocenters. The second-order valence-corrected chi connectivity index (χ2v) is 5.62. The summed E-state index contributed by atoms with van der Waals surface area (Å²) in [6, 6.07) is 4.14. The van der Waals surface area contributed by atoms with Gasteiger partial charge in [0.1, 0.15) is 0 Å². The molecule has 0 saturated heterocycles. The Morgan fingerprint density at radius 1 is 1.56 bits per heavy atom. The zero-order valence-corrected chi connectivity index (χ0v) is 10.6. The number of aliphatic hydroxyl groups excluding tert-OH is 1. The van der Waals surface area contributed by atoms with Crippen LogP contribution in [0.2, 0.25) is 0 Å². The van der Waals surface area contributed by atoms with Gasteiger partial charge in [-0.15, -0.1) is 11.3 Å². The van der Waals surface area contributed by atoms with Gasteiger partial charge >= 0.3 is 0 Å². The molecular formula is C13H20O2S. The lowest BCUT2D eigenvalue weighted by Crippen LogP contribution is -2.34. The molecule has 1 N–H and O–H groups in total. The number of hydrogen-bond donors (Lipinski definition) is 1. The van der Waals surface area contributed by atoms with Crippen molar-refractivity contribution < 1.29 is 9.84 Å². The number of rotatable bonds is 6. The summed E-state index contributed by atoms with van der Waals surface area (Å²) in [5, 5.41) is 12.0. The molecule has 3 heteroatoms. The average molecular weight is 240 g/mol. The summed E-state index contributed by atoms with van der Waals surface area (Å²) in [7, 11) is 0.